The molecule has 0 aliphatic rings. The van der Waals surface area contributed by atoms with Crippen LogP contribution in [0.5, 0.6) is 0 Å². The van der Waals surface area contributed by atoms with Crippen LogP contribution in [0.3, 0.4) is 0 Å². The summed E-state index contributed by atoms with van der Waals surface area (Å²) in [6, 6.07) is 9.79. The zero-order valence-electron chi connectivity index (χ0n) is 8.69. The predicted molar refractivity (Wildman–Crippen MR) is 57.6 cm³/mol. The highest BCUT2D eigenvalue weighted by atomic mass is 16.7. The molecule has 76 valence electrons. The van der Waals surface area contributed by atoms with E-state index in [1.807, 2.05) is 44.2 Å². The monoisotopic (exact) mass is 192 g/mol. The topological polar surface area (TPSA) is 18.5 Å². The van der Waals surface area contributed by atoms with Gasteiger partial charge in [0.25, 0.3) is 0 Å². The lowest BCUT2D eigenvalue weighted by Gasteiger charge is -2.16. The van der Waals surface area contributed by atoms with E-state index in [4.69, 9.17) is 9.47 Å². The number of hydrogen-bond donors (Lipinski definition) is 0. The molecule has 1 rings (SSSR count). The molecule has 0 aliphatic carbocycles. The summed E-state index contributed by atoms with van der Waals surface area (Å²) in [5.74, 6) is 0.645. The van der Waals surface area contributed by atoms with Crippen LogP contribution in [0.25, 0.3) is 5.76 Å². The molecule has 1 aromatic rings. The molecule has 1 atom stereocenters. The summed E-state index contributed by atoms with van der Waals surface area (Å²) >= 11 is 0. The zero-order chi connectivity index (χ0) is 10.4. The van der Waals surface area contributed by atoms with Gasteiger partial charge in [0, 0.05) is 12.2 Å². The van der Waals surface area contributed by atoms with E-state index in [1.165, 1.54) is 0 Å². The van der Waals surface area contributed by atoms with Crippen LogP contribution in [0, 0.1) is 0 Å². The minimum Gasteiger partial charge on any atom is -0.465 e. The third kappa shape index (κ3) is 3.23. The van der Waals surface area contributed by atoms with Gasteiger partial charge in [-0.2, -0.15) is 0 Å². The first-order valence-electron chi connectivity index (χ1n) is 4.76. The Morgan fingerprint density at radius 1 is 1.36 bits per heavy atom. The summed E-state index contributed by atoms with van der Waals surface area (Å²) in [6.07, 6.45) is -0.243. The molecule has 0 heterocycles. The Labute approximate surface area is 85.2 Å². The minimum absolute atomic E-state index is 0.243. The summed E-state index contributed by atoms with van der Waals surface area (Å²) in [6.45, 7) is 8.28. The van der Waals surface area contributed by atoms with Gasteiger partial charge < -0.3 is 9.47 Å². The smallest absolute Gasteiger partial charge is 0.196 e. The largest absolute Gasteiger partial charge is 0.465 e. The van der Waals surface area contributed by atoms with Crippen LogP contribution in [-0.4, -0.2) is 12.9 Å². The quantitative estimate of drug-likeness (QED) is 0.527. The zero-order valence-corrected chi connectivity index (χ0v) is 8.69. The van der Waals surface area contributed by atoms with Gasteiger partial charge in [-0.15, -0.1) is 0 Å². The number of benzene rings is 1. The van der Waals surface area contributed by atoms with E-state index in [1.54, 1.807) is 0 Å². The van der Waals surface area contributed by atoms with Gasteiger partial charge in [-0.3, -0.25) is 0 Å². The lowest BCUT2D eigenvalue weighted by molar-refractivity contribution is -0.0782. The lowest BCUT2D eigenvalue weighted by atomic mass is 10.2. The molecule has 0 aromatic heterocycles. The van der Waals surface area contributed by atoms with E-state index in [-0.39, 0.29) is 6.29 Å². The van der Waals surface area contributed by atoms with Crippen molar-refractivity contribution in [2.75, 3.05) is 6.61 Å². The number of rotatable bonds is 5. The molecule has 0 N–H and O–H groups in total. The molecule has 0 spiro atoms. The van der Waals surface area contributed by atoms with Crippen molar-refractivity contribution < 1.29 is 9.47 Å². The normalized spacial score (nSPS) is 12.1. The second-order valence-electron chi connectivity index (χ2n) is 2.93. The van der Waals surface area contributed by atoms with Gasteiger partial charge in [0.1, 0.15) is 5.76 Å². The Kier molecular flexibility index (Phi) is 4.20. The fourth-order valence-corrected chi connectivity index (χ4v) is 1.16. The molecule has 0 radical (unpaired) electrons. The molecular weight excluding hydrogens is 176 g/mol. The van der Waals surface area contributed by atoms with Crippen LogP contribution in [-0.2, 0) is 9.47 Å². The van der Waals surface area contributed by atoms with Gasteiger partial charge in [-0.25, -0.2) is 0 Å². The number of hydrogen-bond acceptors (Lipinski definition) is 2. The van der Waals surface area contributed by atoms with Crippen LogP contribution >= 0.6 is 0 Å². The molecule has 1 aromatic carbocycles. The molecule has 0 amide bonds. The standard InChI is InChI=1S/C12H16O2/c1-4-13-11(3)14-10(2)12-8-6-5-7-9-12/h5-9,11H,2,4H2,1,3H3. The van der Waals surface area contributed by atoms with Crippen LogP contribution < -0.4 is 0 Å². The first kappa shape index (κ1) is 10.8. The van der Waals surface area contributed by atoms with Crippen molar-refractivity contribution in [2.24, 2.45) is 0 Å². The number of ether oxygens (including phenoxy) is 2. The molecular formula is C12H16O2. The van der Waals surface area contributed by atoms with Crippen molar-refractivity contribution in [3.8, 4) is 0 Å². The van der Waals surface area contributed by atoms with Crippen LogP contribution in [0.1, 0.15) is 19.4 Å². The Hall–Kier alpha value is -1.28. The Morgan fingerprint density at radius 2 is 2.00 bits per heavy atom. The van der Waals surface area contributed by atoms with Crippen molar-refractivity contribution in [3.63, 3.8) is 0 Å². The first-order valence-corrected chi connectivity index (χ1v) is 4.76. The third-order valence-electron chi connectivity index (χ3n) is 1.81. The maximum Gasteiger partial charge on any atom is 0.196 e. The Balaban J connectivity index is 2.51. The van der Waals surface area contributed by atoms with E-state index in [0.717, 1.165) is 5.56 Å². The Morgan fingerprint density at radius 3 is 2.57 bits per heavy atom. The van der Waals surface area contributed by atoms with E-state index in [0.29, 0.717) is 12.4 Å². The molecule has 2 heteroatoms. The second kappa shape index (κ2) is 5.45. The Bertz CT molecular complexity index is 280. The second-order valence-corrected chi connectivity index (χ2v) is 2.93. The van der Waals surface area contributed by atoms with Gasteiger partial charge in [-0.1, -0.05) is 36.9 Å². The van der Waals surface area contributed by atoms with Gasteiger partial charge in [0.2, 0.25) is 0 Å². The highest BCUT2D eigenvalue weighted by Crippen LogP contribution is 2.15. The summed E-state index contributed by atoms with van der Waals surface area (Å²) < 4.78 is 10.7. The fourth-order valence-electron chi connectivity index (χ4n) is 1.16. The third-order valence-corrected chi connectivity index (χ3v) is 1.81. The molecule has 0 aliphatic heterocycles. The maximum atomic E-state index is 5.46. The molecule has 0 bridgehead atoms. The van der Waals surface area contributed by atoms with E-state index >= 15 is 0 Å². The first-order chi connectivity index (χ1) is 6.74. The summed E-state index contributed by atoms with van der Waals surface area (Å²) in [7, 11) is 0. The minimum atomic E-state index is -0.243. The maximum absolute atomic E-state index is 5.46. The SMILES string of the molecule is C=C(OC(C)OCC)c1ccccc1. The van der Waals surface area contributed by atoms with E-state index < -0.39 is 0 Å². The van der Waals surface area contributed by atoms with Crippen molar-refractivity contribution >= 4 is 5.76 Å². The van der Waals surface area contributed by atoms with Gasteiger partial charge in [0.05, 0.1) is 0 Å². The average molecular weight is 192 g/mol. The van der Waals surface area contributed by atoms with Gasteiger partial charge in [0.15, 0.2) is 6.29 Å². The predicted octanol–water partition coefficient (Wildman–Crippen LogP) is 3.06. The summed E-state index contributed by atoms with van der Waals surface area (Å²) in [5.41, 5.74) is 0.985. The lowest BCUT2D eigenvalue weighted by Crippen LogP contribution is -2.11. The average Bonchev–Trinajstić information content (AvgIpc) is 2.19. The van der Waals surface area contributed by atoms with Crippen LogP contribution in [0.2, 0.25) is 0 Å². The van der Waals surface area contributed by atoms with Gasteiger partial charge >= 0.3 is 0 Å². The van der Waals surface area contributed by atoms with Crippen molar-refractivity contribution in [1.29, 1.82) is 0 Å². The molecule has 0 saturated carbocycles. The van der Waals surface area contributed by atoms with E-state index in [9.17, 15) is 0 Å². The van der Waals surface area contributed by atoms with E-state index in [2.05, 4.69) is 6.58 Å². The summed E-state index contributed by atoms with van der Waals surface area (Å²) in [5, 5.41) is 0. The highest BCUT2D eigenvalue weighted by Gasteiger charge is 2.04. The summed E-state index contributed by atoms with van der Waals surface area (Å²) in [4.78, 5) is 0. The van der Waals surface area contributed by atoms with Crippen molar-refractivity contribution in [3.05, 3.63) is 42.5 Å². The van der Waals surface area contributed by atoms with Crippen LogP contribution in [0.15, 0.2) is 36.9 Å². The van der Waals surface area contributed by atoms with Crippen molar-refractivity contribution in [2.45, 2.75) is 20.1 Å². The molecule has 0 fully saturated rings. The molecule has 2 nitrogen and oxygen atoms in total. The molecule has 0 saturated heterocycles. The highest BCUT2D eigenvalue weighted by molar-refractivity contribution is 5.56. The fraction of sp³-hybridized carbons (Fsp3) is 0.333. The van der Waals surface area contributed by atoms with Gasteiger partial charge in [-0.05, 0) is 13.8 Å². The van der Waals surface area contributed by atoms with Crippen LogP contribution in [0.4, 0.5) is 0 Å². The molecule has 14 heavy (non-hydrogen) atoms. The van der Waals surface area contributed by atoms with Crippen molar-refractivity contribution in [1.82, 2.24) is 0 Å². The molecule has 1 unspecified atom stereocenters.